The highest BCUT2D eigenvalue weighted by atomic mass is 35.5. The van der Waals surface area contributed by atoms with E-state index in [2.05, 4.69) is 25.7 Å². The van der Waals surface area contributed by atoms with Gasteiger partial charge in [0.15, 0.2) is 0 Å². The van der Waals surface area contributed by atoms with Gasteiger partial charge in [0.25, 0.3) is 0 Å². The number of nitrogens with zero attached hydrogens (tertiary/aromatic N) is 1. The maximum Gasteiger partial charge on any atom is 0.0527 e. The third-order valence-corrected chi connectivity index (χ3v) is 6.49. The molecule has 0 heterocycles. The molecule has 0 aromatic carbocycles. The number of aliphatic hydroxyl groups is 1. The summed E-state index contributed by atoms with van der Waals surface area (Å²) in [6, 6.07) is 0.416. The Morgan fingerprint density at radius 2 is 1.10 bits per heavy atom. The maximum atomic E-state index is 9.80. The summed E-state index contributed by atoms with van der Waals surface area (Å²) in [4.78, 5) is 2.45. The number of aliphatic hydroxyl groups excluding tert-OH is 1. The Hall–Kier alpha value is 0.500. The van der Waals surface area contributed by atoms with Crippen LogP contribution in [0.5, 0.6) is 0 Å². The van der Waals surface area contributed by atoms with Gasteiger partial charge in [-0.15, -0.1) is 24.0 Å². The van der Waals surface area contributed by atoms with E-state index in [-0.39, 0.29) is 23.9 Å². The third kappa shape index (κ3) is 20.2. The molecule has 0 aliphatic rings. The van der Waals surface area contributed by atoms with E-state index in [0.29, 0.717) is 6.04 Å². The molecule has 1 N–H and O–H groups in total. The van der Waals surface area contributed by atoms with Gasteiger partial charge < -0.3 is 10.0 Å². The molecule has 3 atom stereocenters. The van der Waals surface area contributed by atoms with Crippen molar-refractivity contribution < 1.29 is 5.11 Å². The summed E-state index contributed by atoms with van der Waals surface area (Å²) >= 11 is 6.65. The van der Waals surface area contributed by atoms with Crippen LogP contribution in [-0.2, 0) is 0 Å². The summed E-state index contributed by atoms with van der Waals surface area (Å²) in [5.74, 6) is 0. The average molecular weight is 455 g/mol. The van der Waals surface area contributed by atoms with Gasteiger partial charge in [0.1, 0.15) is 0 Å². The van der Waals surface area contributed by atoms with Crippen LogP contribution in [0, 0.1) is 0 Å². The third-order valence-electron chi connectivity index (χ3n) is 6.09. The minimum absolute atomic E-state index is 0. The molecular weight excluding hydrogens is 401 g/mol. The van der Waals surface area contributed by atoms with Gasteiger partial charge in [0.05, 0.1) is 6.10 Å². The summed E-state index contributed by atoms with van der Waals surface area (Å²) in [6.07, 6.45) is 20.9. The zero-order valence-electron chi connectivity index (χ0n) is 20.1. The molecule has 0 saturated heterocycles. The zero-order chi connectivity index (χ0) is 21.0. The Kier molecular flexibility index (Phi) is 25.3. The molecule has 178 valence electrons. The van der Waals surface area contributed by atoms with E-state index in [1.807, 2.05) is 6.92 Å². The lowest BCUT2D eigenvalue weighted by molar-refractivity contribution is 0.112. The lowest BCUT2D eigenvalue weighted by Gasteiger charge is -2.32. The minimum atomic E-state index is -0.245. The van der Waals surface area contributed by atoms with Crippen molar-refractivity contribution in [2.24, 2.45) is 0 Å². The van der Waals surface area contributed by atoms with Gasteiger partial charge >= 0.3 is 0 Å². The standard InChI is InChI=1S/C25H52ClNO.ClH/c1-5-8-9-10-11-12-13-14-15-16-17-18-19-20-24(26)22-25(21-23(4)28)27(6-2)7-3;/h23-25,28H,5-22H2,1-4H3;1H. The number of rotatable bonds is 21. The average Bonchev–Trinajstić information content (AvgIpc) is 2.66. The molecule has 0 aliphatic carbocycles. The number of unbranched alkanes of at least 4 members (excludes halogenated alkanes) is 12. The highest BCUT2D eigenvalue weighted by molar-refractivity contribution is 6.20. The first kappa shape index (κ1) is 31.7. The molecule has 0 bridgehead atoms. The van der Waals surface area contributed by atoms with E-state index in [0.717, 1.165) is 32.4 Å². The molecule has 0 amide bonds. The summed E-state index contributed by atoms with van der Waals surface area (Å²) < 4.78 is 0. The molecule has 0 aromatic heterocycles. The van der Waals surface area contributed by atoms with Crippen molar-refractivity contribution in [1.29, 1.82) is 0 Å². The number of alkyl halides is 1. The molecule has 0 rings (SSSR count). The fraction of sp³-hybridized carbons (Fsp3) is 1.00. The van der Waals surface area contributed by atoms with E-state index in [4.69, 9.17) is 11.6 Å². The maximum absolute atomic E-state index is 9.80. The van der Waals surface area contributed by atoms with Crippen molar-refractivity contribution in [3.8, 4) is 0 Å². The van der Waals surface area contributed by atoms with Gasteiger partial charge in [-0.1, -0.05) is 104 Å². The predicted molar refractivity (Wildman–Crippen MR) is 135 cm³/mol. The predicted octanol–water partition coefficient (Wildman–Crippen LogP) is 8.37. The number of hydrogen-bond acceptors (Lipinski definition) is 2. The topological polar surface area (TPSA) is 23.5 Å². The molecule has 3 unspecified atom stereocenters. The molecule has 0 fully saturated rings. The van der Waals surface area contributed by atoms with Crippen LogP contribution in [0.4, 0.5) is 0 Å². The first-order valence-corrected chi connectivity index (χ1v) is 13.0. The van der Waals surface area contributed by atoms with Crippen molar-refractivity contribution in [2.75, 3.05) is 13.1 Å². The van der Waals surface area contributed by atoms with Crippen LogP contribution in [0.2, 0.25) is 0 Å². The van der Waals surface area contributed by atoms with Crippen LogP contribution >= 0.6 is 24.0 Å². The van der Waals surface area contributed by atoms with Gasteiger partial charge in [-0.3, -0.25) is 0 Å². The Bertz CT molecular complexity index is 311. The van der Waals surface area contributed by atoms with E-state index in [1.165, 1.54) is 83.5 Å². The number of hydrogen-bond donors (Lipinski definition) is 1. The Morgan fingerprint density at radius 1 is 0.690 bits per heavy atom. The fourth-order valence-electron chi connectivity index (χ4n) is 4.32. The lowest BCUT2D eigenvalue weighted by atomic mass is 9.99. The molecule has 2 nitrogen and oxygen atoms in total. The molecule has 0 aromatic rings. The van der Waals surface area contributed by atoms with E-state index in [1.54, 1.807) is 0 Å². The summed E-state index contributed by atoms with van der Waals surface area (Å²) in [5, 5.41) is 10.1. The minimum Gasteiger partial charge on any atom is -0.393 e. The van der Waals surface area contributed by atoms with Gasteiger partial charge in [0, 0.05) is 11.4 Å². The normalized spacial score (nSPS) is 14.6. The Balaban J connectivity index is 0. The second-order valence-electron chi connectivity index (χ2n) is 8.82. The zero-order valence-corrected chi connectivity index (χ0v) is 21.7. The van der Waals surface area contributed by atoms with Gasteiger partial charge in [-0.25, -0.2) is 0 Å². The second kappa shape index (κ2) is 23.2. The van der Waals surface area contributed by atoms with Crippen LogP contribution in [0.25, 0.3) is 0 Å². The van der Waals surface area contributed by atoms with Crippen LogP contribution in [-0.4, -0.2) is 40.6 Å². The second-order valence-corrected chi connectivity index (χ2v) is 9.44. The van der Waals surface area contributed by atoms with Crippen LogP contribution in [0.15, 0.2) is 0 Å². The SMILES string of the molecule is CCCCCCCCCCCCCCCC(Cl)CC(CC(C)O)N(CC)CC.Cl. The smallest absolute Gasteiger partial charge is 0.0527 e. The quantitative estimate of drug-likeness (QED) is 0.139. The Labute approximate surface area is 195 Å². The lowest BCUT2D eigenvalue weighted by Crippen LogP contribution is -2.38. The van der Waals surface area contributed by atoms with Crippen LogP contribution in [0.1, 0.15) is 130 Å². The van der Waals surface area contributed by atoms with E-state index in [9.17, 15) is 5.11 Å². The van der Waals surface area contributed by atoms with E-state index >= 15 is 0 Å². The molecule has 0 saturated carbocycles. The van der Waals surface area contributed by atoms with Gasteiger partial charge in [-0.2, -0.15) is 0 Å². The Morgan fingerprint density at radius 3 is 1.48 bits per heavy atom. The highest BCUT2D eigenvalue weighted by Crippen LogP contribution is 2.21. The molecule has 4 heteroatoms. The van der Waals surface area contributed by atoms with Gasteiger partial charge in [0.2, 0.25) is 0 Å². The van der Waals surface area contributed by atoms with E-state index < -0.39 is 0 Å². The molecule has 29 heavy (non-hydrogen) atoms. The largest absolute Gasteiger partial charge is 0.393 e. The molecular formula is C25H53Cl2NO. The summed E-state index contributed by atoms with van der Waals surface area (Å²) in [7, 11) is 0. The summed E-state index contributed by atoms with van der Waals surface area (Å²) in [5.41, 5.74) is 0. The first-order chi connectivity index (χ1) is 13.5. The monoisotopic (exact) mass is 453 g/mol. The van der Waals surface area contributed by atoms with Gasteiger partial charge in [-0.05, 0) is 39.3 Å². The molecule has 0 aliphatic heterocycles. The molecule has 0 radical (unpaired) electrons. The van der Waals surface area contributed by atoms with Crippen molar-refractivity contribution in [3.05, 3.63) is 0 Å². The van der Waals surface area contributed by atoms with Crippen LogP contribution < -0.4 is 0 Å². The van der Waals surface area contributed by atoms with Crippen molar-refractivity contribution in [3.63, 3.8) is 0 Å². The highest BCUT2D eigenvalue weighted by Gasteiger charge is 2.21. The van der Waals surface area contributed by atoms with Crippen molar-refractivity contribution in [2.45, 2.75) is 148 Å². The first-order valence-electron chi connectivity index (χ1n) is 12.6. The van der Waals surface area contributed by atoms with Crippen LogP contribution in [0.3, 0.4) is 0 Å². The fourth-order valence-corrected chi connectivity index (χ4v) is 4.68. The summed E-state index contributed by atoms with van der Waals surface area (Å²) in [6.45, 7) is 10.7. The van der Waals surface area contributed by atoms with Crippen molar-refractivity contribution >= 4 is 24.0 Å². The molecule has 0 spiro atoms. The van der Waals surface area contributed by atoms with Crippen molar-refractivity contribution in [1.82, 2.24) is 4.90 Å². The number of halogens is 2.